The van der Waals surface area contributed by atoms with Crippen LogP contribution in [-0.4, -0.2) is 39.8 Å². The van der Waals surface area contributed by atoms with Crippen molar-refractivity contribution in [1.82, 2.24) is 10.1 Å². The van der Waals surface area contributed by atoms with Crippen LogP contribution in [0.5, 0.6) is 0 Å². The van der Waals surface area contributed by atoms with E-state index < -0.39 is 10.9 Å². The largest absolute Gasteiger partial charge is 0.360 e. The van der Waals surface area contributed by atoms with Crippen molar-refractivity contribution in [2.24, 2.45) is 4.99 Å². The molecule has 0 saturated carbocycles. The summed E-state index contributed by atoms with van der Waals surface area (Å²) in [5, 5.41) is 6.11. The van der Waals surface area contributed by atoms with Gasteiger partial charge < -0.3 is 9.42 Å². The number of aromatic nitrogens is 1. The highest BCUT2D eigenvalue weighted by Gasteiger charge is 2.17. The molecule has 0 saturated heterocycles. The number of hydrogen-bond acceptors (Lipinski definition) is 3. The summed E-state index contributed by atoms with van der Waals surface area (Å²) in [6, 6.07) is 0.991. The predicted octanol–water partition coefficient (Wildman–Crippen LogP) is 3.06. The van der Waals surface area contributed by atoms with Gasteiger partial charge in [-0.3, -0.25) is 5.32 Å². The van der Waals surface area contributed by atoms with Gasteiger partial charge in [-0.15, -0.1) is 0 Å². The molecule has 0 aliphatic heterocycles. The number of hydrogen-bond donors (Lipinski definition) is 1. The Hall–Kier alpha value is -1.27. The van der Waals surface area contributed by atoms with Crippen LogP contribution in [0.2, 0.25) is 0 Å². The number of aryl methyl sites for hydroxylation is 1. The van der Waals surface area contributed by atoms with E-state index in [0.29, 0.717) is 30.5 Å². The van der Waals surface area contributed by atoms with Crippen molar-refractivity contribution in [2.75, 3.05) is 18.4 Å². The molecule has 0 bridgehead atoms. The molecule has 106 valence electrons. The van der Waals surface area contributed by atoms with E-state index in [9.17, 15) is 4.79 Å². The van der Waals surface area contributed by atoms with Crippen molar-refractivity contribution in [1.29, 1.82) is 0 Å². The van der Waals surface area contributed by atoms with Crippen LogP contribution in [0.4, 0.5) is 10.6 Å². The Morgan fingerprint density at radius 2 is 2.16 bits per heavy atom. The third-order valence-electron chi connectivity index (χ3n) is 2.36. The zero-order valence-electron chi connectivity index (χ0n) is 11.0. The number of rotatable bonds is 4. The summed E-state index contributed by atoms with van der Waals surface area (Å²) in [4.78, 5) is 16.6. The van der Waals surface area contributed by atoms with E-state index in [1.165, 1.54) is 0 Å². The normalized spacial score (nSPS) is 11.8. The highest BCUT2D eigenvalue weighted by atomic mass is 35.5. The van der Waals surface area contributed by atoms with Gasteiger partial charge in [0.25, 0.3) is 0 Å². The lowest BCUT2D eigenvalue weighted by Crippen LogP contribution is -2.36. The first kappa shape index (κ1) is 15.8. The Labute approximate surface area is 121 Å². The van der Waals surface area contributed by atoms with E-state index in [-0.39, 0.29) is 0 Å². The lowest BCUT2D eigenvalue weighted by atomic mass is 10.4. The molecule has 0 aliphatic carbocycles. The number of alkyl halides is 2. The van der Waals surface area contributed by atoms with E-state index in [1.807, 2.05) is 13.8 Å². The molecule has 0 unspecified atom stereocenters. The minimum absolute atomic E-state index is 0.297. The van der Waals surface area contributed by atoms with E-state index in [1.54, 1.807) is 17.9 Å². The smallest absolute Gasteiger partial charge is 0.348 e. The number of amides is 2. The van der Waals surface area contributed by atoms with Crippen LogP contribution in [0, 0.1) is 6.92 Å². The van der Waals surface area contributed by atoms with Crippen molar-refractivity contribution >= 4 is 40.9 Å². The van der Waals surface area contributed by atoms with Crippen molar-refractivity contribution in [2.45, 2.75) is 25.6 Å². The lowest BCUT2D eigenvalue weighted by molar-refractivity contribution is 0.259. The second kappa shape index (κ2) is 7.35. The van der Waals surface area contributed by atoms with Crippen LogP contribution in [-0.2, 0) is 0 Å². The van der Waals surface area contributed by atoms with Gasteiger partial charge >= 0.3 is 6.03 Å². The first-order valence-corrected chi connectivity index (χ1v) is 6.71. The van der Waals surface area contributed by atoms with Crippen molar-refractivity contribution < 1.29 is 9.32 Å². The van der Waals surface area contributed by atoms with Crippen LogP contribution in [0.15, 0.2) is 15.6 Å². The van der Waals surface area contributed by atoms with Gasteiger partial charge in [0.05, 0.1) is 0 Å². The van der Waals surface area contributed by atoms with E-state index in [4.69, 9.17) is 27.7 Å². The third kappa shape index (κ3) is 4.72. The second-order valence-corrected chi connectivity index (χ2v) is 4.79. The minimum atomic E-state index is -0.871. The topological polar surface area (TPSA) is 70.7 Å². The summed E-state index contributed by atoms with van der Waals surface area (Å²) in [5.41, 5.74) is 0. The average Bonchev–Trinajstić information content (AvgIpc) is 2.74. The van der Waals surface area contributed by atoms with Crippen LogP contribution >= 0.6 is 23.2 Å². The van der Waals surface area contributed by atoms with Gasteiger partial charge in [-0.25, -0.2) is 4.79 Å². The maximum atomic E-state index is 11.7. The number of carbonyl (C=O) groups is 1. The standard InChI is InChI=1S/C11H16Cl2N4O2/c1-4-17(5-2)10(9(12)13)15-11(18)14-8-6-7(3)19-16-8/h6,9H,4-5H2,1-3H3,(H,14,16,18)/b15-10-. The van der Waals surface area contributed by atoms with Gasteiger partial charge in [-0.1, -0.05) is 28.4 Å². The fourth-order valence-corrected chi connectivity index (χ4v) is 1.85. The molecule has 2 amide bonds. The molecular formula is C11H16Cl2N4O2. The molecular weight excluding hydrogens is 291 g/mol. The molecule has 0 aliphatic rings. The Balaban J connectivity index is 2.80. The second-order valence-electron chi connectivity index (χ2n) is 3.70. The van der Waals surface area contributed by atoms with Gasteiger partial charge in [-0.2, -0.15) is 4.99 Å². The maximum absolute atomic E-state index is 11.7. The Bertz CT molecular complexity index is 455. The summed E-state index contributed by atoms with van der Waals surface area (Å²) < 4.78 is 4.83. The van der Waals surface area contributed by atoms with E-state index >= 15 is 0 Å². The van der Waals surface area contributed by atoms with Crippen LogP contribution < -0.4 is 5.32 Å². The predicted molar refractivity (Wildman–Crippen MR) is 76.1 cm³/mol. The molecule has 19 heavy (non-hydrogen) atoms. The van der Waals surface area contributed by atoms with E-state index in [0.717, 1.165) is 0 Å². The van der Waals surface area contributed by atoms with Crippen molar-refractivity contribution in [3.05, 3.63) is 11.8 Å². The van der Waals surface area contributed by atoms with Gasteiger partial charge in [0.15, 0.2) is 10.7 Å². The number of nitrogens with zero attached hydrogens (tertiary/aromatic N) is 3. The fraction of sp³-hybridized carbons (Fsp3) is 0.545. The van der Waals surface area contributed by atoms with Crippen LogP contribution in [0.1, 0.15) is 19.6 Å². The third-order valence-corrected chi connectivity index (χ3v) is 2.75. The number of carbonyl (C=O) groups excluding carboxylic acids is 1. The Kier molecular flexibility index (Phi) is 6.11. The van der Waals surface area contributed by atoms with Gasteiger partial charge in [0, 0.05) is 19.2 Å². The molecule has 0 radical (unpaired) electrons. The molecule has 1 heterocycles. The molecule has 6 nitrogen and oxygen atoms in total. The molecule has 0 fully saturated rings. The molecule has 1 rings (SSSR count). The van der Waals surface area contributed by atoms with Gasteiger partial charge in [0.1, 0.15) is 11.6 Å². The average molecular weight is 307 g/mol. The molecule has 1 N–H and O–H groups in total. The van der Waals surface area contributed by atoms with Gasteiger partial charge in [0.2, 0.25) is 0 Å². The summed E-state index contributed by atoms with van der Waals surface area (Å²) in [7, 11) is 0. The number of amidine groups is 1. The monoisotopic (exact) mass is 306 g/mol. The Morgan fingerprint density at radius 1 is 1.53 bits per heavy atom. The van der Waals surface area contributed by atoms with Crippen LogP contribution in [0.3, 0.4) is 0 Å². The first-order chi connectivity index (χ1) is 8.97. The number of urea groups is 1. The van der Waals surface area contributed by atoms with Crippen molar-refractivity contribution in [3.8, 4) is 0 Å². The summed E-state index contributed by atoms with van der Waals surface area (Å²) in [6.07, 6.45) is 0. The number of anilines is 1. The highest BCUT2D eigenvalue weighted by Crippen LogP contribution is 2.11. The summed E-state index contributed by atoms with van der Waals surface area (Å²) in [6.45, 7) is 6.88. The van der Waals surface area contributed by atoms with Crippen LogP contribution in [0.25, 0.3) is 0 Å². The highest BCUT2D eigenvalue weighted by molar-refractivity contribution is 6.54. The fourth-order valence-electron chi connectivity index (χ4n) is 1.47. The number of nitrogens with one attached hydrogen (secondary N) is 1. The zero-order chi connectivity index (χ0) is 14.4. The molecule has 0 spiro atoms. The molecule has 1 aromatic heterocycles. The SMILES string of the molecule is CCN(CC)/C(=N\C(=O)Nc1cc(C)on1)C(Cl)Cl. The first-order valence-electron chi connectivity index (χ1n) is 5.83. The quantitative estimate of drug-likeness (QED) is 0.527. The molecule has 0 aromatic carbocycles. The lowest BCUT2D eigenvalue weighted by Gasteiger charge is -2.23. The number of aliphatic imine (C=N–C) groups is 1. The summed E-state index contributed by atoms with van der Waals surface area (Å²) in [5.74, 6) is 1.20. The van der Waals surface area contributed by atoms with E-state index in [2.05, 4.69) is 15.5 Å². The molecule has 8 heteroatoms. The number of halogens is 2. The molecule has 0 atom stereocenters. The Morgan fingerprint density at radius 3 is 2.58 bits per heavy atom. The minimum Gasteiger partial charge on any atom is -0.360 e. The summed E-state index contributed by atoms with van der Waals surface area (Å²) >= 11 is 11.7. The van der Waals surface area contributed by atoms with Gasteiger partial charge in [-0.05, 0) is 20.8 Å². The van der Waals surface area contributed by atoms with Crippen molar-refractivity contribution in [3.63, 3.8) is 0 Å². The maximum Gasteiger partial charge on any atom is 0.348 e. The molecule has 1 aromatic rings. The zero-order valence-corrected chi connectivity index (χ0v) is 12.5.